The molecule has 0 saturated heterocycles. The summed E-state index contributed by atoms with van der Waals surface area (Å²) in [6.07, 6.45) is 2.83. The largest absolute Gasteiger partial charge is 0.350 e. The summed E-state index contributed by atoms with van der Waals surface area (Å²) in [6.45, 7) is 0. The number of aryl methyl sites for hydroxylation is 1. The second-order valence-electron chi connectivity index (χ2n) is 2.98. The Morgan fingerprint density at radius 1 is 1.46 bits per heavy atom. The topological polar surface area (TPSA) is 22.0 Å². The Bertz CT molecular complexity index is 473. The number of benzene rings is 1. The number of hydrogen-bond donors (Lipinski definition) is 0. The molecule has 1 aromatic carbocycles. The third-order valence-corrected chi connectivity index (χ3v) is 2.55. The second kappa shape index (κ2) is 3.00. The third kappa shape index (κ3) is 1.29. The van der Waals surface area contributed by atoms with Gasteiger partial charge in [0.1, 0.15) is 0 Å². The molecule has 0 N–H and O–H groups in total. The number of hydrogen-bond acceptors (Lipinski definition) is 1. The Labute approximate surface area is 84.3 Å². The van der Waals surface area contributed by atoms with Crippen molar-refractivity contribution >= 4 is 33.1 Å². The monoisotopic (exact) mass is 237 g/mol. The van der Waals surface area contributed by atoms with Crippen LogP contribution in [0.3, 0.4) is 0 Å². The zero-order valence-corrected chi connectivity index (χ0v) is 8.71. The first kappa shape index (κ1) is 8.51. The van der Waals surface area contributed by atoms with Crippen LogP contribution in [0, 0.1) is 0 Å². The molecule has 13 heavy (non-hydrogen) atoms. The molecule has 0 atom stereocenters. The molecule has 1 heterocycles. The molecule has 0 aliphatic carbocycles. The maximum absolute atomic E-state index is 10.8. The molecule has 0 saturated carbocycles. The Morgan fingerprint density at radius 2 is 2.23 bits per heavy atom. The number of carbonyl (C=O) groups excluding carboxylic acids is 1. The van der Waals surface area contributed by atoms with Gasteiger partial charge in [-0.25, -0.2) is 0 Å². The predicted molar refractivity (Wildman–Crippen MR) is 56.0 cm³/mol. The lowest BCUT2D eigenvalue weighted by atomic mass is 10.1. The van der Waals surface area contributed by atoms with Crippen molar-refractivity contribution in [1.82, 2.24) is 4.57 Å². The standard InChI is InChI=1S/C10H8BrNO/c1-12-3-2-7-4-9(11)5-8(6-13)10(7)12/h2-6H,1H3. The molecule has 0 unspecified atom stereocenters. The van der Waals surface area contributed by atoms with Gasteiger partial charge in [0, 0.05) is 28.7 Å². The lowest BCUT2D eigenvalue weighted by Crippen LogP contribution is -1.90. The zero-order valence-electron chi connectivity index (χ0n) is 7.12. The van der Waals surface area contributed by atoms with Gasteiger partial charge >= 0.3 is 0 Å². The number of rotatable bonds is 1. The normalized spacial score (nSPS) is 10.6. The van der Waals surface area contributed by atoms with Crippen LogP contribution in [-0.2, 0) is 7.05 Å². The van der Waals surface area contributed by atoms with Crippen LogP contribution in [0.25, 0.3) is 10.9 Å². The summed E-state index contributed by atoms with van der Waals surface area (Å²) in [5.41, 5.74) is 1.70. The number of aromatic nitrogens is 1. The molecule has 3 heteroatoms. The molecule has 1 aromatic heterocycles. The summed E-state index contributed by atoms with van der Waals surface area (Å²) in [4.78, 5) is 10.8. The summed E-state index contributed by atoms with van der Waals surface area (Å²) in [5, 5.41) is 1.08. The van der Waals surface area contributed by atoms with Gasteiger partial charge in [0.2, 0.25) is 0 Å². The van der Waals surface area contributed by atoms with Crippen molar-refractivity contribution in [2.24, 2.45) is 7.05 Å². The highest BCUT2D eigenvalue weighted by Crippen LogP contribution is 2.23. The van der Waals surface area contributed by atoms with Crippen LogP contribution < -0.4 is 0 Å². The van der Waals surface area contributed by atoms with Crippen LogP contribution in [0.1, 0.15) is 10.4 Å². The summed E-state index contributed by atoms with van der Waals surface area (Å²) in [7, 11) is 1.93. The van der Waals surface area contributed by atoms with E-state index in [4.69, 9.17) is 0 Å². The van der Waals surface area contributed by atoms with E-state index < -0.39 is 0 Å². The summed E-state index contributed by atoms with van der Waals surface area (Å²) >= 11 is 3.37. The summed E-state index contributed by atoms with van der Waals surface area (Å²) in [6, 6.07) is 5.82. The zero-order chi connectivity index (χ0) is 9.42. The van der Waals surface area contributed by atoms with Crippen molar-refractivity contribution in [1.29, 1.82) is 0 Å². The van der Waals surface area contributed by atoms with Gasteiger partial charge in [0.15, 0.2) is 6.29 Å². The fraction of sp³-hybridized carbons (Fsp3) is 0.100. The number of fused-ring (bicyclic) bond motifs is 1. The van der Waals surface area contributed by atoms with E-state index in [1.807, 2.05) is 36.0 Å². The average molecular weight is 238 g/mol. The fourth-order valence-electron chi connectivity index (χ4n) is 1.53. The molecule has 2 nitrogen and oxygen atoms in total. The van der Waals surface area contributed by atoms with E-state index in [0.717, 1.165) is 27.2 Å². The molecule has 0 aliphatic rings. The number of halogens is 1. The lowest BCUT2D eigenvalue weighted by Gasteiger charge is -2.00. The Kier molecular flexibility index (Phi) is 1.96. The van der Waals surface area contributed by atoms with Gasteiger partial charge < -0.3 is 4.57 Å². The first-order valence-corrected chi connectivity index (χ1v) is 4.71. The van der Waals surface area contributed by atoms with Crippen molar-refractivity contribution in [3.05, 3.63) is 34.4 Å². The summed E-state index contributed by atoms with van der Waals surface area (Å²) in [5.74, 6) is 0. The fourth-order valence-corrected chi connectivity index (χ4v) is 2.03. The van der Waals surface area contributed by atoms with E-state index in [-0.39, 0.29) is 0 Å². The molecule has 0 spiro atoms. The van der Waals surface area contributed by atoms with Crippen molar-refractivity contribution in [2.75, 3.05) is 0 Å². The van der Waals surface area contributed by atoms with Gasteiger partial charge in [-0.3, -0.25) is 4.79 Å². The molecule has 0 radical (unpaired) electrons. The highest BCUT2D eigenvalue weighted by atomic mass is 79.9. The van der Waals surface area contributed by atoms with E-state index in [0.29, 0.717) is 0 Å². The van der Waals surface area contributed by atoms with E-state index >= 15 is 0 Å². The first-order valence-electron chi connectivity index (χ1n) is 3.92. The minimum absolute atomic E-state index is 0.719. The molecule has 2 aromatic rings. The average Bonchev–Trinajstić information content (AvgIpc) is 2.46. The minimum Gasteiger partial charge on any atom is -0.350 e. The maximum atomic E-state index is 10.8. The molecular weight excluding hydrogens is 230 g/mol. The van der Waals surface area contributed by atoms with E-state index in [2.05, 4.69) is 15.9 Å². The predicted octanol–water partition coefficient (Wildman–Crippen LogP) is 2.75. The summed E-state index contributed by atoms with van der Waals surface area (Å²) < 4.78 is 2.89. The van der Waals surface area contributed by atoms with Gasteiger partial charge in [0.05, 0.1) is 5.52 Å². The van der Waals surface area contributed by atoms with Crippen LogP contribution in [-0.4, -0.2) is 10.9 Å². The molecule has 0 fully saturated rings. The minimum atomic E-state index is 0.719. The number of carbonyl (C=O) groups is 1. The molecule has 0 amide bonds. The smallest absolute Gasteiger partial charge is 0.152 e. The number of aldehydes is 1. The SMILES string of the molecule is Cn1ccc2cc(Br)cc(C=O)c21. The van der Waals surface area contributed by atoms with E-state index in [9.17, 15) is 4.79 Å². The highest BCUT2D eigenvalue weighted by Gasteiger charge is 2.04. The van der Waals surface area contributed by atoms with Crippen LogP contribution >= 0.6 is 15.9 Å². The lowest BCUT2D eigenvalue weighted by molar-refractivity contribution is 0.112. The van der Waals surface area contributed by atoms with Gasteiger partial charge in [-0.15, -0.1) is 0 Å². The van der Waals surface area contributed by atoms with Crippen molar-refractivity contribution < 1.29 is 4.79 Å². The van der Waals surface area contributed by atoms with Crippen LogP contribution in [0.4, 0.5) is 0 Å². The van der Waals surface area contributed by atoms with E-state index in [1.54, 1.807) is 0 Å². The Balaban J connectivity index is 2.92. The van der Waals surface area contributed by atoms with Crippen LogP contribution in [0.15, 0.2) is 28.9 Å². The maximum Gasteiger partial charge on any atom is 0.152 e. The van der Waals surface area contributed by atoms with Gasteiger partial charge in [-0.1, -0.05) is 15.9 Å². The quantitative estimate of drug-likeness (QED) is 0.700. The van der Waals surface area contributed by atoms with Gasteiger partial charge in [-0.05, 0) is 18.2 Å². The number of nitrogens with zero attached hydrogens (tertiary/aromatic N) is 1. The highest BCUT2D eigenvalue weighted by molar-refractivity contribution is 9.10. The van der Waals surface area contributed by atoms with Crippen molar-refractivity contribution in [2.45, 2.75) is 0 Å². The Morgan fingerprint density at radius 3 is 2.92 bits per heavy atom. The molecule has 2 rings (SSSR count). The molecular formula is C10H8BrNO. The van der Waals surface area contributed by atoms with Crippen LogP contribution in [0.2, 0.25) is 0 Å². The first-order chi connectivity index (χ1) is 6.22. The second-order valence-corrected chi connectivity index (χ2v) is 3.89. The van der Waals surface area contributed by atoms with Crippen LogP contribution in [0.5, 0.6) is 0 Å². The third-order valence-electron chi connectivity index (χ3n) is 2.09. The Hall–Kier alpha value is -1.09. The molecule has 0 bridgehead atoms. The van der Waals surface area contributed by atoms with E-state index in [1.165, 1.54) is 0 Å². The molecule has 66 valence electrons. The van der Waals surface area contributed by atoms with Crippen molar-refractivity contribution in [3.63, 3.8) is 0 Å². The van der Waals surface area contributed by atoms with Gasteiger partial charge in [-0.2, -0.15) is 0 Å². The van der Waals surface area contributed by atoms with Crippen molar-refractivity contribution in [3.8, 4) is 0 Å². The van der Waals surface area contributed by atoms with Gasteiger partial charge in [0.25, 0.3) is 0 Å². The molecule has 0 aliphatic heterocycles.